The first-order chi connectivity index (χ1) is 6.15. The van der Waals surface area contributed by atoms with Crippen molar-refractivity contribution in [3.8, 4) is 0 Å². The molecule has 1 fully saturated rings. The normalized spacial score (nSPS) is 15.5. The van der Waals surface area contributed by atoms with E-state index in [0.717, 1.165) is 12.8 Å². The number of rotatable bonds is 5. The van der Waals surface area contributed by atoms with Gasteiger partial charge in [-0.25, -0.2) is 0 Å². The van der Waals surface area contributed by atoms with Gasteiger partial charge < -0.3 is 10.0 Å². The number of nitrogens with zero attached hydrogens (tertiary/aromatic N) is 1. The number of carboxylic acid groups (broad SMARTS) is 1. The van der Waals surface area contributed by atoms with Crippen molar-refractivity contribution in [2.75, 3.05) is 6.54 Å². The molecule has 0 atom stereocenters. The molecule has 0 bridgehead atoms. The van der Waals surface area contributed by atoms with Crippen molar-refractivity contribution in [2.24, 2.45) is 0 Å². The molecule has 0 unspecified atom stereocenters. The van der Waals surface area contributed by atoms with E-state index in [2.05, 4.69) is 0 Å². The van der Waals surface area contributed by atoms with Gasteiger partial charge in [0, 0.05) is 19.0 Å². The van der Waals surface area contributed by atoms with Gasteiger partial charge in [-0.1, -0.05) is 6.92 Å². The second-order valence-corrected chi connectivity index (χ2v) is 3.32. The zero-order valence-electron chi connectivity index (χ0n) is 7.82. The van der Waals surface area contributed by atoms with E-state index in [4.69, 9.17) is 5.11 Å². The summed E-state index contributed by atoms with van der Waals surface area (Å²) in [6.45, 7) is 2.17. The molecule has 0 spiro atoms. The largest absolute Gasteiger partial charge is 0.481 e. The zero-order valence-corrected chi connectivity index (χ0v) is 7.82. The second-order valence-electron chi connectivity index (χ2n) is 3.32. The van der Waals surface area contributed by atoms with Gasteiger partial charge in [-0.15, -0.1) is 0 Å². The fraction of sp³-hybridized carbons (Fsp3) is 0.778. The van der Waals surface area contributed by atoms with Gasteiger partial charge in [-0.2, -0.15) is 0 Å². The van der Waals surface area contributed by atoms with E-state index in [1.165, 1.54) is 0 Å². The quantitative estimate of drug-likeness (QED) is 0.691. The van der Waals surface area contributed by atoms with Crippen molar-refractivity contribution in [3.05, 3.63) is 0 Å². The Hall–Kier alpha value is -1.06. The minimum Gasteiger partial charge on any atom is -0.481 e. The van der Waals surface area contributed by atoms with Crippen LogP contribution >= 0.6 is 0 Å². The van der Waals surface area contributed by atoms with Crippen molar-refractivity contribution in [3.63, 3.8) is 0 Å². The average Bonchev–Trinajstić information content (AvgIpc) is 2.87. The van der Waals surface area contributed by atoms with Crippen LogP contribution in [0.15, 0.2) is 0 Å². The summed E-state index contributed by atoms with van der Waals surface area (Å²) in [5.74, 6) is -0.765. The van der Waals surface area contributed by atoms with Gasteiger partial charge in [-0.05, 0) is 12.8 Å². The Morgan fingerprint density at radius 3 is 2.46 bits per heavy atom. The fourth-order valence-corrected chi connectivity index (χ4v) is 1.32. The Labute approximate surface area is 77.5 Å². The van der Waals surface area contributed by atoms with E-state index < -0.39 is 5.97 Å². The highest BCUT2D eigenvalue weighted by molar-refractivity contribution is 5.77. The van der Waals surface area contributed by atoms with Crippen LogP contribution in [0.2, 0.25) is 0 Å². The lowest BCUT2D eigenvalue weighted by molar-refractivity contribution is -0.138. The number of amides is 1. The highest BCUT2D eigenvalue weighted by Gasteiger charge is 2.31. The maximum absolute atomic E-state index is 11.3. The lowest BCUT2D eigenvalue weighted by atomic mass is 10.3. The first-order valence-electron chi connectivity index (χ1n) is 4.66. The summed E-state index contributed by atoms with van der Waals surface area (Å²) in [5, 5.41) is 8.48. The standard InChI is InChI=1S/C9H15NO3/c1-2-8(11)10(7-3-4-7)6-5-9(12)13/h7H,2-6H2,1H3,(H,12,13). The molecule has 0 heterocycles. The Balaban J connectivity index is 2.38. The van der Waals surface area contributed by atoms with E-state index in [9.17, 15) is 9.59 Å². The van der Waals surface area contributed by atoms with Gasteiger partial charge in [0.1, 0.15) is 0 Å². The van der Waals surface area contributed by atoms with Gasteiger partial charge >= 0.3 is 5.97 Å². The minimum atomic E-state index is -0.838. The smallest absolute Gasteiger partial charge is 0.305 e. The molecule has 4 nitrogen and oxygen atoms in total. The number of carbonyl (C=O) groups is 2. The minimum absolute atomic E-state index is 0.0578. The van der Waals surface area contributed by atoms with E-state index in [0.29, 0.717) is 19.0 Å². The number of hydrogen-bond donors (Lipinski definition) is 1. The van der Waals surface area contributed by atoms with E-state index in [-0.39, 0.29) is 12.3 Å². The number of carbonyl (C=O) groups excluding carboxylic acids is 1. The molecule has 13 heavy (non-hydrogen) atoms. The molecule has 1 aliphatic carbocycles. The molecule has 0 aromatic rings. The van der Waals surface area contributed by atoms with Crippen LogP contribution in [0, 0.1) is 0 Å². The van der Waals surface area contributed by atoms with E-state index >= 15 is 0 Å². The third-order valence-electron chi connectivity index (χ3n) is 2.18. The van der Waals surface area contributed by atoms with Crippen LogP contribution in [0.3, 0.4) is 0 Å². The van der Waals surface area contributed by atoms with Crippen LogP contribution in [0.1, 0.15) is 32.6 Å². The summed E-state index contributed by atoms with van der Waals surface area (Å²) in [6.07, 6.45) is 2.59. The molecule has 0 saturated heterocycles. The lowest BCUT2D eigenvalue weighted by Crippen LogP contribution is -2.34. The van der Waals surface area contributed by atoms with Gasteiger partial charge in [0.05, 0.1) is 6.42 Å². The monoisotopic (exact) mass is 185 g/mol. The summed E-state index contributed by atoms with van der Waals surface area (Å²) in [4.78, 5) is 23.4. The van der Waals surface area contributed by atoms with Crippen LogP contribution in [0.5, 0.6) is 0 Å². The highest BCUT2D eigenvalue weighted by Crippen LogP contribution is 2.27. The Morgan fingerprint density at radius 1 is 1.46 bits per heavy atom. The Bertz CT molecular complexity index is 211. The maximum Gasteiger partial charge on any atom is 0.305 e. The first-order valence-corrected chi connectivity index (χ1v) is 4.66. The molecule has 1 amide bonds. The van der Waals surface area contributed by atoms with Crippen molar-refractivity contribution in [1.82, 2.24) is 4.90 Å². The number of carboxylic acids is 1. The predicted molar refractivity (Wildman–Crippen MR) is 47.3 cm³/mol. The van der Waals surface area contributed by atoms with E-state index in [1.54, 1.807) is 11.8 Å². The van der Waals surface area contributed by atoms with Crippen LogP contribution in [-0.4, -0.2) is 34.5 Å². The Morgan fingerprint density at radius 2 is 2.08 bits per heavy atom. The fourth-order valence-electron chi connectivity index (χ4n) is 1.32. The van der Waals surface area contributed by atoms with Gasteiger partial charge in [0.15, 0.2) is 0 Å². The molecule has 74 valence electrons. The topological polar surface area (TPSA) is 57.6 Å². The van der Waals surface area contributed by atoms with Crippen LogP contribution in [0.25, 0.3) is 0 Å². The molecule has 1 N–H and O–H groups in total. The summed E-state index contributed by atoms with van der Waals surface area (Å²) in [5.41, 5.74) is 0. The summed E-state index contributed by atoms with van der Waals surface area (Å²) >= 11 is 0. The molecule has 1 saturated carbocycles. The molecular formula is C9H15NO3. The highest BCUT2D eigenvalue weighted by atomic mass is 16.4. The van der Waals surface area contributed by atoms with Crippen molar-refractivity contribution in [2.45, 2.75) is 38.6 Å². The third kappa shape index (κ3) is 3.05. The molecule has 0 aliphatic heterocycles. The van der Waals surface area contributed by atoms with Crippen molar-refractivity contribution in [1.29, 1.82) is 0 Å². The molecule has 0 radical (unpaired) electrons. The molecule has 1 rings (SSSR count). The zero-order chi connectivity index (χ0) is 9.84. The van der Waals surface area contributed by atoms with Crippen molar-refractivity contribution < 1.29 is 14.7 Å². The number of hydrogen-bond acceptors (Lipinski definition) is 2. The average molecular weight is 185 g/mol. The van der Waals surface area contributed by atoms with Crippen LogP contribution in [-0.2, 0) is 9.59 Å². The SMILES string of the molecule is CCC(=O)N(CCC(=O)O)C1CC1. The van der Waals surface area contributed by atoms with Crippen molar-refractivity contribution >= 4 is 11.9 Å². The summed E-state index contributed by atoms with van der Waals surface area (Å²) in [6, 6.07) is 0.326. The molecule has 4 heteroatoms. The Kier molecular flexibility index (Phi) is 3.28. The van der Waals surface area contributed by atoms with E-state index in [1.807, 2.05) is 0 Å². The predicted octanol–water partition coefficient (Wildman–Crippen LogP) is 0.862. The number of aliphatic carboxylic acids is 1. The van der Waals surface area contributed by atoms with Gasteiger partial charge in [0.2, 0.25) is 5.91 Å². The molecule has 0 aromatic heterocycles. The second kappa shape index (κ2) is 4.25. The summed E-state index contributed by atoms with van der Waals surface area (Å²) < 4.78 is 0. The molecule has 0 aromatic carbocycles. The lowest BCUT2D eigenvalue weighted by Gasteiger charge is -2.20. The van der Waals surface area contributed by atoms with Crippen LogP contribution < -0.4 is 0 Å². The maximum atomic E-state index is 11.3. The first kappa shape index (κ1) is 10.0. The molecular weight excluding hydrogens is 170 g/mol. The van der Waals surface area contributed by atoms with Gasteiger partial charge in [-0.3, -0.25) is 9.59 Å². The molecule has 1 aliphatic rings. The van der Waals surface area contributed by atoms with Crippen LogP contribution in [0.4, 0.5) is 0 Å². The summed E-state index contributed by atoms with van der Waals surface area (Å²) in [7, 11) is 0. The third-order valence-corrected chi connectivity index (χ3v) is 2.18. The van der Waals surface area contributed by atoms with Gasteiger partial charge in [0.25, 0.3) is 0 Å².